The van der Waals surface area contributed by atoms with Crippen LogP contribution in [0, 0.1) is 11.6 Å². The lowest BCUT2D eigenvalue weighted by Gasteiger charge is -2.29. The van der Waals surface area contributed by atoms with Gasteiger partial charge >= 0.3 is 0 Å². The number of nitrogens with zero attached hydrogens (tertiary/aromatic N) is 3. The standard InChI is InChI=1S/C18H20F2N4S/c19-14-4-3-5-15(20)18(14)24-17-7-2-1-6-16(17)23(25-24)13-12-22-10-8-21-9-11-22/h1-7,21H,8-13H2. The molecule has 1 saturated heterocycles. The van der Waals surface area contributed by atoms with E-state index in [9.17, 15) is 8.78 Å². The number of piperazine rings is 1. The molecule has 1 N–H and O–H groups in total. The molecule has 0 unspecified atom stereocenters. The van der Waals surface area contributed by atoms with Gasteiger partial charge in [-0.2, -0.15) is 0 Å². The van der Waals surface area contributed by atoms with E-state index >= 15 is 0 Å². The van der Waals surface area contributed by atoms with Crippen LogP contribution < -0.4 is 13.9 Å². The Morgan fingerprint density at radius 1 is 0.880 bits per heavy atom. The van der Waals surface area contributed by atoms with Crippen molar-refractivity contribution in [1.29, 1.82) is 0 Å². The number of nitrogens with one attached hydrogen (secondary N) is 1. The first kappa shape index (κ1) is 16.6. The Morgan fingerprint density at radius 2 is 1.56 bits per heavy atom. The summed E-state index contributed by atoms with van der Waals surface area (Å²) in [5, 5.41) is 3.35. The summed E-state index contributed by atoms with van der Waals surface area (Å²) in [6.07, 6.45) is 0. The van der Waals surface area contributed by atoms with E-state index in [0.717, 1.165) is 50.6 Å². The van der Waals surface area contributed by atoms with Gasteiger partial charge in [-0.25, -0.2) is 8.78 Å². The zero-order chi connectivity index (χ0) is 17.2. The average molecular weight is 362 g/mol. The first-order valence-electron chi connectivity index (χ1n) is 8.46. The number of para-hydroxylation sites is 3. The SMILES string of the molecule is Fc1cccc(F)c1N1SN(CCN2CCNCC2)c2ccccc21. The van der Waals surface area contributed by atoms with Crippen molar-refractivity contribution in [3.05, 3.63) is 54.1 Å². The second kappa shape index (κ2) is 7.19. The van der Waals surface area contributed by atoms with Gasteiger partial charge < -0.3 is 5.32 Å². The summed E-state index contributed by atoms with van der Waals surface area (Å²) in [5.41, 5.74) is 1.80. The van der Waals surface area contributed by atoms with Gasteiger partial charge in [0, 0.05) is 39.3 Å². The van der Waals surface area contributed by atoms with Crippen molar-refractivity contribution in [2.24, 2.45) is 0 Å². The molecule has 2 aromatic rings. The molecule has 2 aromatic carbocycles. The Bertz CT molecular complexity index is 731. The third-order valence-electron chi connectivity index (χ3n) is 4.52. The van der Waals surface area contributed by atoms with Crippen molar-refractivity contribution in [3.63, 3.8) is 0 Å². The minimum absolute atomic E-state index is 0.00961. The fourth-order valence-corrected chi connectivity index (χ4v) is 4.31. The maximum absolute atomic E-state index is 14.3. The van der Waals surface area contributed by atoms with Gasteiger partial charge in [-0.3, -0.25) is 13.5 Å². The number of anilines is 3. The summed E-state index contributed by atoms with van der Waals surface area (Å²) in [4.78, 5) is 2.41. The highest BCUT2D eigenvalue weighted by Gasteiger charge is 2.31. The van der Waals surface area contributed by atoms with Crippen LogP contribution in [0.2, 0.25) is 0 Å². The zero-order valence-electron chi connectivity index (χ0n) is 13.8. The van der Waals surface area contributed by atoms with E-state index in [1.54, 1.807) is 4.31 Å². The molecule has 0 spiro atoms. The van der Waals surface area contributed by atoms with Gasteiger partial charge in [0.05, 0.1) is 23.5 Å². The first-order chi connectivity index (χ1) is 12.2. The van der Waals surface area contributed by atoms with Gasteiger partial charge in [-0.15, -0.1) is 0 Å². The van der Waals surface area contributed by atoms with Crippen LogP contribution in [0.15, 0.2) is 42.5 Å². The lowest BCUT2D eigenvalue weighted by Crippen LogP contribution is -2.45. The van der Waals surface area contributed by atoms with Crippen LogP contribution in [0.4, 0.5) is 25.8 Å². The molecule has 0 saturated carbocycles. The van der Waals surface area contributed by atoms with Crippen molar-refractivity contribution in [3.8, 4) is 0 Å². The molecule has 1 fully saturated rings. The van der Waals surface area contributed by atoms with Crippen LogP contribution in [0.25, 0.3) is 0 Å². The fourth-order valence-electron chi connectivity index (χ4n) is 3.21. The number of hydrogen-bond acceptors (Lipinski definition) is 5. The molecule has 0 aromatic heterocycles. The second-order valence-electron chi connectivity index (χ2n) is 6.13. The van der Waals surface area contributed by atoms with Crippen LogP contribution in [0.1, 0.15) is 0 Å². The number of halogens is 2. The monoisotopic (exact) mass is 362 g/mol. The molecule has 2 aliphatic rings. The van der Waals surface area contributed by atoms with Crippen molar-refractivity contribution < 1.29 is 8.78 Å². The zero-order valence-corrected chi connectivity index (χ0v) is 14.6. The molecule has 2 aliphatic heterocycles. The minimum atomic E-state index is -0.550. The van der Waals surface area contributed by atoms with Gasteiger partial charge in [0.25, 0.3) is 0 Å². The van der Waals surface area contributed by atoms with Crippen molar-refractivity contribution in [2.45, 2.75) is 0 Å². The largest absolute Gasteiger partial charge is 0.314 e. The quantitative estimate of drug-likeness (QED) is 0.840. The van der Waals surface area contributed by atoms with Crippen LogP contribution in [-0.2, 0) is 0 Å². The third-order valence-corrected chi connectivity index (χ3v) is 5.64. The Hall–Kier alpha value is -1.83. The van der Waals surface area contributed by atoms with E-state index in [-0.39, 0.29) is 5.69 Å². The van der Waals surface area contributed by atoms with Gasteiger partial charge in [-0.1, -0.05) is 18.2 Å². The van der Waals surface area contributed by atoms with E-state index in [2.05, 4.69) is 14.5 Å². The van der Waals surface area contributed by atoms with Gasteiger partial charge in [-0.05, 0) is 24.3 Å². The minimum Gasteiger partial charge on any atom is -0.314 e. The number of fused-ring (bicyclic) bond motifs is 1. The first-order valence-corrected chi connectivity index (χ1v) is 9.19. The highest BCUT2D eigenvalue weighted by molar-refractivity contribution is 8.02. The smallest absolute Gasteiger partial charge is 0.150 e. The van der Waals surface area contributed by atoms with Gasteiger partial charge in [0.1, 0.15) is 5.69 Å². The molecular weight excluding hydrogens is 342 g/mol. The Balaban J connectivity index is 1.57. The summed E-state index contributed by atoms with van der Waals surface area (Å²) in [6, 6.07) is 11.7. The lowest BCUT2D eigenvalue weighted by molar-refractivity contribution is 0.248. The summed E-state index contributed by atoms with van der Waals surface area (Å²) >= 11 is 1.35. The molecule has 0 atom stereocenters. The van der Waals surface area contributed by atoms with Crippen LogP contribution in [0.5, 0.6) is 0 Å². The number of benzene rings is 2. The third kappa shape index (κ3) is 3.31. The summed E-state index contributed by atoms with van der Waals surface area (Å²) in [5.74, 6) is -1.10. The van der Waals surface area contributed by atoms with Gasteiger partial charge in [0.2, 0.25) is 0 Å². The summed E-state index contributed by atoms with van der Waals surface area (Å²) < 4.78 is 32.3. The lowest BCUT2D eigenvalue weighted by atomic mass is 10.2. The molecule has 0 radical (unpaired) electrons. The fraction of sp³-hybridized carbons (Fsp3) is 0.333. The molecule has 2 heterocycles. The van der Waals surface area contributed by atoms with Crippen LogP contribution >= 0.6 is 12.1 Å². The van der Waals surface area contributed by atoms with Gasteiger partial charge in [0.15, 0.2) is 11.6 Å². The molecule has 4 nitrogen and oxygen atoms in total. The molecule has 4 rings (SSSR count). The van der Waals surface area contributed by atoms with E-state index in [1.807, 2.05) is 24.3 Å². The number of rotatable bonds is 4. The molecule has 0 bridgehead atoms. The number of hydrogen-bond donors (Lipinski definition) is 1. The van der Waals surface area contributed by atoms with Crippen molar-refractivity contribution >= 4 is 29.2 Å². The molecular formula is C18H20F2N4S. The normalized spacial score (nSPS) is 17.8. The molecule has 7 heteroatoms. The maximum Gasteiger partial charge on any atom is 0.150 e. The van der Waals surface area contributed by atoms with Crippen LogP contribution in [0.3, 0.4) is 0 Å². The van der Waals surface area contributed by atoms with E-state index in [4.69, 9.17) is 0 Å². The molecule has 0 amide bonds. The highest BCUT2D eigenvalue weighted by Crippen LogP contribution is 2.49. The molecule has 132 valence electrons. The second-order valence-corrected chi connectivity index (χ2v) is 7.10. The Labute approximate surface area is 150 Å². The van der Waals surface area contributed by atoms with E-state index in [1.165, 1.54) is 30.3 Å². The van der Waals surface area contributed by atoms with E-state index < -0.39 is 11.6 Å². The predicted octanol–water partition coefficient (Wildman–Crippen LogP) is 3.39. The maximum atomic E-state index is 14.3. The van der Waals surface area contributed by atoms with E-state index in [0.29, 0.717) is 0 Å². The van der Waals surface area contributed by atoms with Crippen LogP contribution in [-0.4, -0.2) is 44.2 Å². The average Bonchev–Trinajstić information content (AvgIpc) is 3.00. The molecule has 0 aliphatic carbocycles. The highest BCUT2D eigenvalue weighted by atomic mass is 32.2. The predicted molar refractivity (Wildman–Crippen MR) is 99.2 cm³/mol. The summed E-state index contributed by atoms with van der Waals surface area (Å²) in [7, 11) is 0. The van der Waals surface area contributed by atoms with Crippen molar-refractivity contribution in [2.75, 3.05) is 47.9 Å². The Morgan fingerprint density at radius 3 is 2.28 bits per heavy atom. The molecule has 25 heavy (non-hydrogen) atoms. The summed E-state index contributed by atoms with van der Waals surface area (Å²) in [6.45, 7) is 5.81. The van der Waals surface area contributed by atoms with Crippen molar-refractivity contribution in [1.82, 2.24) is 10.2 Å². The topological polar surface area (TPSA) is 21.8 Å². The Kier molecular flexibility index (Phi) is 4.78.